The Morgan fingerprint density at radius 1 is 1.21 bits per heavy atom. The fourth-order valence-corrected chi connectivity index (χ4v) is 5.42. The fraction of sp³-hybridized carbons (Fsp3) is 0.391. The molecule has 1 atom stereocenters. The number of fused-ring (bicyclic) bond motifs is 1. The van der Waals surface area contributed by atoms with Crippen LogP contribution in [0.15, 0.2) is 30.9 Å². The second-order valence-electron chi connectivity index (χ2n) is 8.69. The van der Waals surface area contributed by atoms with Gasteiger partial charge in [-0.1, -0.05) is 22.9 Å². The summed E-state index contributed by atoms with van der Waals surface area (Å²) in [6.45, 7) is 2.00. The number of Topliss-reactive ketones (excluding diaryl/α,β-unsaturated/α-hetero) is 1. The molecule has 1 unspecified atom stereocenters. The van der Waals surface area contributed by atoms with Gasteiger partial charge in [-0.25, -0.2) is 15.0 Å². The number of hydrogen-bond donors (Lipinski definition) is 0. The van der Waals surface area contributed by atoms with Crippen LogP contribution in [0, 0.1) is 12.8 Å². The molecular weight excluding hydrogens is 458 g/mol. The van der Waals surface area contributed by atoms with Crippen LogP contribution in [0.25, 0.3) is 16.2 Å². The molecule has 1 saturated carbocycles. The number of pyridine rings is 2. The topological polar surface area (TPSA) is 89.7 Å². The first kappa shape index (κ1) is 22.1. The molecule has 4 aromatic rings. The summed E-state index contributed by atoms with van der Waals surface area (Å²) in [5.41, 5.74) is 3.81. The third-order valence-corrected chi connectivity index (χ3v) is 7.01. The van der Waals surface area contributed by atoms with Crippen molar-refractivity contribution < 1.29 is 4.79 Å². The highest BCUT2D eigenvalue weighted by molar-refractivity contribution is 7.18. The van der Waals surface area contributed by atoms with Gasteiger partial charge in [0, 0.05) is 36.8 Å². The zero-order valence-corrected chi connectivity index (χ0v) is 20.3. The molecule has 10 heteroatoms. The average Bonchev–Trinajstić information content (AvgIpc) is 3.28. The van der Waals surface area contributed by atoms with Crippen LogP contribution in [-0.2, 0) is 17.6 Å². The van der Waals surface area contributed by atoms with Crippen molar-refractivity contribution in [2.45, 2.75) is 38.6 Å². The van der Waals surface area contributed by atoms with E-state index >= 15 is 0 Å². The molecule has 0 bridgehead atoms. The third-order valence-electron chi connectivity index (χ3n) is 5.85. The molecule has 0 aromatic carbocycles. The normalized spacial score (nSPS) is 14.8. The molecule has 0 aliphatic heterocycles. The summed E-state index contributed by atoms with van der Waals surface area (Å²) >= 11 is 7.98. The predicted molar refractivity (Wildman–Crippen MR) is 128 cm³/mol. The highest BCUT2D eigenvalue weighted by atomic mass is 35.5. The molecule has 1 aliphatic carbocycles. The molecule has 8 nitrogen and oxygen atoms in total. The van der Waals surface area contributed by atoms with Crippen LogP contribution in [0.1, 0.15) is 40.6 Å². The lowest BCUT2D eigenvalue weighted by molar-refractivity contribution is -0.117. The summed E-state index contributed by atoms with van der Waals surface area (Å²) in [7, 11) is 4.20. The fourth-order valence-electron chi connectivity index (χ4n) is 4.38. The quantitative estimate of drug-likeness (QED) is 0.375. The van der Waals surface area contributed by atoms with Crippen molar-refractivity contribution in [3.8, 4) is 5.82 Å². The van der Waals surface area contributed by atoms with Crippen molar-refractivity contribution in [1.82, 2.24) is 34.8 Å². The summed E-state index contributed by atoms with van der Waals surface area (Å²) in [6.07, 6.45) is 9.57. The van der Waals surface area contributed by atoms with Crippen LogP contribution in [0.5, 0.6) is 0 Å². The number of ketones is 1. The van der Waals surface area contributed by atoms with E-state index in [0.717, 1.165) is 32.0 Å². The summed E-state index contributed by atoms with van der Waals surface area (Å²) in [6, 6.07) is 1.99. The van der Waals surface area contributed by atoms with Gasteiger partial charge in [0.15, 0.2) is 5.82 Å². The molecule has 0 amide bonds. The smallest absolute Gasteiger partial charge is 0.193 e. The minimum Gasteiger partial charge on any atom is -0.302 e. The summed E-state index contributed by atoms with van der Waals surface area (Å²) in [5.74, 6) is 1.11. The lowest BCUT2D eigenvalue weighted by Gasteiger charge is -2.27. The van der Waals surface area contributed by atoms with Crippen molar-refractivity contribution in [3.05, 3.63) is 57.6 Å². The number of rotatable bonds is 8. The number of carbonyl (C=O) groups is 1. The van der Waals surface area contributed by atoms with Crippen LogP contribution >= 0.6 is 22.9 Å². The third kappa shape index (κ3) is 4.53. The van der Waals surface area contributed by atoms with Crippen molar-refractivity contribution in [2.75, 3.05) is 14.1 Å². The lowest BCUT2D eigenvalue weighted by atomic mass is 9.93. The van der Waals surface area contributed by atoms with E-state index in [1.54, 1.807) is 36.0 Å². The van der Waals surface area contributed by atoms with Gasteiger partial charge in [-0.05, 0) is 57.0 Å². The van der Waals surface area contributed by atoms with Crippen molar-refractivity contribution in [2.24, 2.45) is 5.92 Å². The Hall–Kier alpha value is -2.75. The van der Waals surface area contributed by atoms with Gasteiger partial charge >= 0.3 is 0 Å². The molecular formula is C23H24ClN7OS. The molecule has 0 saturated heterocycles. The van der Waals surface area contributed by atoms with Crippen LogP contribution in [0.4, 0.5) is 0 Å². The summed E-state index contributed by atoms with van der Waals surface area (Å²) in [4.78, 5) is 31.4. The zero-order valence-electron chi connectivity index (χ0n) is 18.7. The highest BCUT2D eigenvalue weighted by Crippen LogP contribution is 2.46. The molecule has 0 radical (unpaired) electrons. The predicted octanol–water partition coefficient (Wildman–Crippen LogP) is 4.00. The van der Waals surface area contributed by atoms with E-state index in [-0.39, 0.29) is 18.2 Å². The Labute approximate surface area is 200 Å². The van der Waals surface area contributed by atoms with Crippen LogP contribution < -0.4 is 0 Å². The van der Waals surface area contributed by atoms with E-state index in [1.807, 2.05) is 13.1 Å². The molecule has 4 aromatic heterocycles. The van der Waals surface area contributed by atoms with Crippen LogP contribution in [0.2, 0.25) is 5.02 Å². The molecule has 170 valence electrons. The van der Waals surface area contributed by atoms with Gasteiger partial charge < -0.3 is 4.90 Å². The molecule has 0 spiro atoms. The zero-order chi connectivity index (χ0) is 23.1. The minimum absolute atomic E-state index is 0.0838. The van der Waals surface area contributed by atoms with Gasteiger partial charge in [-0.3, -0.25) is 4.79 Å². The Kier molecular flexibility index (Phi) is 5.94. The van der Waals surface area contributed by atoms with Gasteiger partial charge in [0.05, 0.1) is 22.4 Å². The summed E-state index contributed by atoms with van der Waals surface area (Å²) in [5, 5.41) is 9.50. The number of thiazole rings is 1. The standard InChI is InChI=1S/C23H24ClN7OS/c1-13-29-20-19(21(30(2)3)15-4-5-15)16(12-26-23(20)33-13)10-17(32)8-14-9-18(24)22(25-11-14)31-27-6-7-28-31/h6-7,9,11-12,15,21H,4-5,8,10H2,1-3H3. The Morgan fingerprint density at radius 3 is 2.64 bits per heavy atom. The molecule has 4 heterocycles. The van der Waals surface area contributed by atoms with Gasteiger partial charge in [-0.2, -0.15) is 10.2 Å². The number of aryl methyl sites for hydroxylation is 1. The first-order chi connectivity index (χ1) is 15.9. The number of hydrogen-bond acceptors (Lipinski definition) is 8. The monoisotopic (exact) mass is 481 g/mol. The number of halogens is 1. The Balaban J connectivity index is 1.42. The average molecular weight is 482 g/mol. The van der Waals surface area contributed by atoms with E-state index in [4.69, 9.17) is 16.6 Å². The maximum Gasteiger partial charge on any atom is 0.193 e. The van der Waals surface area contributed by atoms with E-state index in [1.165, 1.54) is 17.6 Å². The summed E-state index contributed by atoms with van der Waals surface area (Å²) < 4.78 is 0. The van der Waals surface area contributed by atoms with Crippen LogP contribution in [0.3, 0.4) is 0 Å². The Morgan fingerprint density at radius 2 is 1.97 bits per heavy atom. The molecule has 33 heavy (non-hydrogen) atoms. The second kappa shape index (κ2) is 8.89. The molecule has 5 rings (SSSR count). The largest absolute Gasteiger partial charge is 0.302 e. The Bertz CT molecular complexity index is 1310. The van der Waals surface area contributed by atoms with E-state index in [9.17, 15) is 4.79 Å². The lowest BCUT2D eigenvalue weighted by Crippen LogP contribution is -2.24. The van der Waals surface area contributed by atoms with Crippen molar-refractivity contribution in [1.29, 1.82) is 0 Å². The highest BCUT2D eigenvalue weighted by Gasteiger charge is 2.37. The molecule has 1 fully saturated rings. The first-order valence-corrected chi connectivity index (χ1v) is 12.0. The van der Waals surface area contributed by atoms with Gasteiger partial charge in [0.25, 0.3) is 0 Å². The number of carbonyl (C=O) groups excluding carboxylic acids is 1. The number of aromatic nitrogens is 6. The van der Waals surface area contributed by atoms with Gasteiger partial charge in [0.1, 0.15) is 16.1 Å². The molecule has 1 aliphatic rings. The second-order valence-corrected chi connectivity index (χ2v) is 10.3. The SMILES string of the molecule is Cc1nc2c(C(C3CC3)N(C)C)c(CC(=O)Cc3cnc(-n4nccn4)c(Cl)c3)cnc2s1. The van der Waals surface area contributed by atoms with Gasteiger partial charge in [0.2, 0.25) is 0 Å². The van der Waals surface area contributed by atoms with Gasteiger partial charge in [-0.15, -0.1) is 4.80 Å². The van der Waals surface area contributed by atoms with Crippen LogP contribution in [-0.4, -0.2) is 54.7 Å². The maximum absolute atomic E-state index is 13.1. The van der Waals surface area contributed by atoms with E-state index in [2.05, 4.69) is 39.2 Å². The molecule has 0 N–H and O–H groups in total. The van der Waals surface area contributed by atoms with E-state index in [0.29, 0.717) is 23.2 Å². The van der Waals surface area contributed by atoms with Crippen molar-refractivity contribution in [3.63, 3.8) is 0 Å². The van der Waals surface area contributed by atoms with Crippen molar-refractivity contribution >= 4 is 39.1 Å². The maximum atomic E-state index is 13.1. The van der Waals surface area contributed by atoms with E-state index < -0.39 is 0 Å². The number of nitrogens with zero attached hydrogens (tertiary/aromatic N) is 7. The first-order valence-electron chi connectivity index (χ1n) is 10.8. The minimum atomic E-state index is 0.0838.